The Hall–Kier alpha value is -2.24. The molecule has 1 N–H and O–H groups in total. The van der Waals surface area contributed by atoms with E-state index in [9.17, 15) is 31.1 Å². The monoisotopic (exact) mass is 296 g/mol. The molecular formula is C11H6F6N2O. The summed E-state index contributed by atoms with van der Waals surface area (Å²) in [6, 6.07) is 1.28. The molecule has 9 heteroatoms. The van der Waals surface area contributed by atoms with E-state index in [4.69, 9.17) is 5.26 Å². The molecule has 0 aromatic heterocycles. The number of nitriles is 1. The number of amides is 1. The van der Waals surface area contributed by atoms with Crippen molar-refractivity contribution < 1.29 is 31.1 Å². The van der Waals surface area contributed by atoms with Gasteiger partial charge in [0.15, 0.2) is 0 Å². The van der Waals surface area contributed by atoms with Crippen LogP contribution in [0.3, 0.4) is 0 Å². The summed E-state index contributed by atoms with van der Waals surface area (Å²) in [7, 11) is 0. The topological polar surface area (TPSA) is 52.9 Å². The zero-order valence-corrected chi connectivity index (χ0v) is 9.78. The number of nitrogens with zero attached hydrogens (tertiary/aromatic N) is 1. The molecule has 0 radical (unpaired) electrons. The molecule has 0 fully saturated rings. The fourth-order valence-electron chi connectivity index (χ4n) is 1.44. The molecule has 108 valence electrons. The highest BCUT2D eigenvalue weighted by atomic mass is 19.4. The number of nitrogens with one attached hydrogen (secondary N) is 1. The first-order valence-corrected chi connectivity index (χ1v) is 4.97. The second kappa shape index (κ2) is 5.03. The zero-order valence-electron chi connectivity index (χ0n) is 9.78. The largest absolute Gasteiger partial charge is 0.417 e. The van der Waals surface area contributed by atoms with Crippen LogP contribution in [0.5, 0.6) is 0 Å². The van der Waals surface area contributed by atoms with Crippen LogP contribution in [-0.4, -0.2) is 5.91 Å². The molecule has 1 amide bonds. The maximum atomic E-state index is 12.7. The molecule has 1 aromatic carbocycles. The third-order valence-corrected chi connectivity index (χ3v) is 2.19. The van der Waals surface area contributed by atoms with Crippen molar-refractivity contribution in [2.75, 3.05) is 5.32 Å². The molecule has 0 unspecified atom stereocenters. The second-order valence-electron chi connectivity index (χ2n) is 3.73. The van der Waals surface area contributed by atoms with Crippen molar-refractivity contribution in [1.29, 1.82) is 5.26 Å². The van der Waals surface area contributed by atoms with E-state index in [1.165, 1.54) is 0 Å². The highest BCUT2D eigenvalue weighted by molar-refractivity contribution is 5.90. The molecule has 0 aliphatic carbocycles. The average molecular weight is 296 g/mol. The van der Waals surface area contributed by atoms with Crippen molar-refractivity contribution in [3.63, 3.8) is 0 Å². The molecule has 0 aliphatic rings. The van der Waals surface area contributed by atoms with E-state index in [1.807, 2.05) is 0 Å². The summed E-state index contributed by atoms with van der Waals surface area (Å²) in [5.41, 5.74) is -5.26. The van der Waals surface area contributed by atoms with Gasteiger partial charge in [-0.2, -0.15) is 31.6 Å². The highest BCUT2D eigenvalue weighted by Crippen LogP contribution is 2.40. The smallest absolute Gasteiger partial charge is 0.325 e. The van der Waals surface area contributed by atoms with Crippen LogP contribution >= 0.6 is 0 Å². The Morgan fingerprint density at radius 2 is 1.70 bits per heavy atom. The summed E-state index contributed by atoms with van der Waals surface area (Å²) in [4.78, 5) is 10.8. The predicted molar refractivity (Wildman–Crippen MR) is 55.5 cm³/mol. The summed E-state index contributed by atoms with van der Waals surface area (Å²) in [5, 5.41) is 10.5. The summed E-state index contributed by atoms with van der Waals surface area (Å²) in [6.45, 7) is 0.897. The van der Waals surface area contributed by atoms with Crippen molar-refractivity contribution in [2.45, 2.75) is 19.3 Å². The SMILES string of the molecule is CC(=O)Nc1cc(C(F)(F)F)cc(C(F)(F)F)c1C#N. The van der Waals surface area contributed by atoms with E-state index in [-0.39, 0.29) is 12.1 Å². The molecule has 0 bridgehead atoms. The Labute approximate surface area is 108 Å². The van der Waals surface area contributed by atoms with E-state index < -0.39 is 40.6 Å². The summed E-state index contributed by atoms with van der Waals surface area (Å²) in [5.74, 6) is -0.894. The fourth-order valence-corrected chi connectivity index (χ4v) is 1.44. The lowest BCUT2D eigenvalue weighted by atomic mass is 10.0. The molecule has 0 saturated heterocycles. The number of alkyl halides is 6. The normalized spacial score (nSPS) is 11.9. The van der Waals surface area contributed by atoms with E-state index in [2.05, 4.69) is 0 Å². The first-order valence-electron chi connectivity index (χ1n) is 4.97. The molecule has 0 saturated carbocycles. The van der Waals surface area contributed by atoms with Crippen LogP contribution in [0.4, 0.5) is 32.0 Å². The number of hydrogen-bond donors (Lipinski definition) is 1. The third kappa shape index (κ3) is 3.40. The molecule has 1 rings (SSSR count). The van der Waals surface area contributed by atoms with Crippen molar-refractivity contribution in [1.82, 2.24) is 0 Å². The van der Waals surface area contributed by atoms with E-state index >= 15 is 0 Å². The van der Waals surface area contributed by atoms with Crippen molar-refractivity contribution in [2.24, 2.45) is 0 Å². The van der Waals surface area contributed by atoms with Gasteiger partial charge in [0.25, 0.3) is 0 Å². The van der Waals surface area contributed by atoms with Gasteiger partial charge >= 0.3 is 12.4 Å². The van der Waals surface area contributed by atoms with Crippen LogP contribution < -0.4 is 5.32 Å². The molecule has 0 atom stereocenters. The van der Waals surface area contributed by atoms with Crippen molar-refractivity contribution in [3.05, 3.63) is 28.8 Å². The van der Waals surface area contributed by atoms with Crippen LogP contribution in [0.1, 0.15) is 23.6 Å². The van der Waals surface area contributed by atoms with Crippen LogP contribution in [0, 0.1) is 11.3 Å². The lowest BCUT2D eigenvalue weighted by Crippen LogP contribution is -2.16. The Kier molecular flexibility index (Phi) is 3.98. The van der Waals surface area contributed by atoms with Gasteiger partial charge in [-0.25, -0.2) is 0 Å². The Morgan fingerprint density at radius 3 is 2.05 bits per heavy atom. The fraction of sp³-hybridized carbons (Fsp3) is 0.273. The van der Waals surface area contributed by atoms with Crippen LogP contribution in [0.15, 0.2) is 12.1 Å². The third-order valence-electron chi connectivity index (χ3n) is 2.19. The molecule has 3 nitrogen and oxygen atoms in total. The van der Waals surface area contributed by atoms with Gasteiger partial charge in [-0.3, -0.25) is 4.79 Å². The Morgan fingerprint density at radius 1 is 1.15 bits per heavy atom. The number of halogens is 6. The number of benzene rings is 1. The van der Waals surface area contributed by atoms with Gasteiger partial charge in [0.2, 0.25) is 5.91 Å². The number of carbonyl (C=O) groups excluding carboxylic acids is 1. The number of carbonyl (C=O) groups is 1. The summed E-state index contributed by atoms with van der Waals surface area (Å²) < 4.78 is 75.7. The number of rotatable bonds is 1. The zero-order chi connectivity index (χ0) is 15.7. The van der Waals surface area contributed by atoms with Gasteiger partial charge in [-0.05, 0) is 12.1 Å². The quantitative estimate of drug-likeness (QED) is 0.806. The van der Waals surface area contributed by atoms with E-state index in [0.717, 1.165) is 13.0 Å². The van der Waals surface area contributed by atoms with Crippen molar-refractivity contribution in [3.8, 4) is 6.07 Å². The minimum absolute atomic E-state index is 0.163. The average Bonchev–Trinajstić information content (AvgIpc) is 2.24. The number of anilines is 1. The van der Waals surface area contributed by atoms with Gasteiger partial charge in [-0.15, -0.1) is 0 Å². The van der Waals surface area contributed by atoms with Gasteiger partial charge in [-0.1, -0.05) is 0 Å². The lowest BCUT2D eigenvalue weighted by molar-refractivity contribution is -0.143. The Balaban J connectivity index is 3.66. The minimum Gasteiger partial charge on any atom is -0.325 e. The van der Waals surface area contributed by atoms with Crippen LogP contribution in [-0.2, 0) is 17.1 Å². The Bertz CT molecular complexity index is 582. The minimum atomic E-state index is -5.15. The standard InChI is InChI=1S/C11H6F6N2O/c1-5(20)19-9-3-6(10(12,13)14)2-8(7(9)4-18)11(15,16)17/h2-3H,1H3,(H,19,20). The maximum absolute atomic E-state index is 12.7. The molecule has 20 heavy (non-hydrogen) atoms. The number of hydrogen-bond acceptors (Lipinski definition) is 2. The highest BCUT2D eigenvalue weighted by Gasteiger charge is 2.39. The van der Waals surface area contributed by atoms with Gasteiger partial charge in [0, 0.05) is 6.92 Å². The molecule has 0 spiro atoms. The molecule has 1 aromatic rings. The second-order valence-corrected chi connectivity index (χ2v) is 3.73. The van der Waals surface area contributed by atoms with Crippen LogP contribution in [0.2, 0.25) is 0 Å². The molecular weight excluding hydrogens is 290 g/mol. The van der Waals surface area contributed by atoms with Gasteiger partial charge < -0.3 is 5.32 Å². The van der Waals surface area contributed by atoms with E-state index in [1.54, 1.807) is 5.32 Å². The molecule has 0 heterocycles. The maximum Gasteiger partial charge on any atom is 0.417 e. The van der Waals surface area contributed by atoms with Crippen molar-refractivity contribution >= 4 is 11.6 Å². The van der Waals surface area contributed by atoms with E-state index in [0.29, 0.717) is 0 Å². The molecule has 0 aliphatic heterocycles. The summed E-state index contributed by atoms with van der Waals surface area (Å²) >= 11 is 0. The first kappa shape index (κ1) is 15.8. The van der Waals surface area contributed by atoms with Gasteiger partial charge in [0.05, 0.1) is 22.4 Å². The lowest BCUT2D eigenvalue weighted by Gasteiger charge is -2.16. The summed E-state index contributed by atoms with van der Waals surface area (Å²) in [6.07, 6.45) is -10.2. The van der Waals surface area contributed by atoms with Crippen LogP contribution in [0.25, 0.3) is 0 Å². The first-order chi connectivity index (χ1) is 8.96. The predicted octanol–water partition coefficient (Wildman–Crippen LogP) is 3.55. The van der Waals surface area contributed by atoms with Gasteiger partial charge in [0.1, 0.15) is 6.07 Å².